The largest absolute Gasteiger partial charge is 0.465 e. The topological polar surface area (TPSA) is 61.8 Å². The van der Waals surface area contributed by atoms with E-state index in [4.69, 9.17) is 4.74 Å². The summed E-state index contributed by atoms with van der Waals surface area (Å²) in [5, 5.41) is 12.4. The molecule has 3 unspecified atom stereocenters. The molecule has 0 aromatic rings. The van der Waals surface area contributed by atoms with Crippen LogP contribution in [0.3, 0.4) is 0 Å². The van der Waals surface area contributed by atoms with Crippen molar-refractivity contribution in [3.63, 3.8) is 0 Å². The zero-order valence-electron chi connectivity index (χ0n) is 10.1. The maximum atomic E-state index is 11.2. The molecule has 5 heteroatoms. The number of rotatable bonds is 0. The second kappa shape index (κ2) is 3.89. The molecule has 0 aromatic heterocycles. The third kappa shape index (κ3) is 2.01. The number of carboxylic acid groups (broad SMARTS) is 1. The molecule has 0 bridgehead atoms. The first-order valence-electron chi connectivity index (χ1n) is 5.75. The molecule has 0 saturated carbocycles. The van der Waals surface area contributed by atoms with E-state index in [9.17, 15) is 9.90 Å². The molecular formula is C11H20N2O3. The number of nitrogens with zero attached hydrogens (tertiary/aromatic N) is 1. The molecule has 1 amide bonds. The van der Waals surface area contributed by atoms with Crippen LogP contribution in [-0.4, -0.2) is 54.0 Å². The van der Waals surface area contributed by atoms with Crippen molar-refractivity contribution in [1.82, 2.24) is 10.2 Å². The van der Waals surface area contributed by atoms with Gasteiger partial charge in [-0.15, -0.1) is 0 Å². The lowest BCUT2D eigenvalue weighted by Gasteiger charge is -2.44. The maximum Gasteiger partial charge on any atom is 0.407 e. The highest BCUT2D eigenvalue weighted by Crippen LogP contribution is 2.31. The quantitative estimate of drug-likeness (QED) is 0.642. The summed E-state index contributed by atoms with van der Waals surface area (Å²) < 4.78 is 5.99. The average Bonchev–Trinajstić information content (AvgIpc) is 2.61. The number of nitrogens with one attached hydrogen (secondary N) is 1. The van der Waals surface area contributed by atoms with Crippen molar-refractivity contribution in [2.24, 2.45) is 5.41 Å². The van der Waals surface area contributed by atoms with Crippen LogP contribution in [0.15, 0.2) is 0 Å². The molecule has 2 saturated heterocycles. The minimum Gasteiger partial charge on any atom is -0.465 e. The van der Waals surface area contributed by atoms with Crippen LogP contribution >= 0.6 is 0 Å². The molecule has 5 nitrogen and oxygen atoms in total. The van der Waals surface area contributed by atoms with Crippen LogP contribution in [0.2, 0.25) is 0 Å². The summed E-state index contributed by atoms with van der Waals surface area (Å²) in [6.07, 6.45) is -0.852. The molecule has 2 fully saturated rings. The van der Waals surface area contributed by atoms with Crippen molar-refractivity contribution in [2.45, 2.75) is 39.0 Å². The van der Waals surface area contributed by atoms with Gasteiger partial charge in [-0.05, 0) is 5.41 Å². The number of hydrogen-bond donors (Lipinski definition) is 2. The Morgan fingerprint density at radius 2 is 2.12 bits per heavy atom. The van der Waals surface area contributed by atoms with Gasteiger partial charge in [0.15, 0.2) is 0 Å². The lowest BCUT2D eigenvalue weighted by molar-refractivity contribution is -0.129. The van der Waals surface area contributed by atoms with Crippen LogP contribution in [0, 0.1) is 5.41 Å². The van der Waals surface area contributed by atoms with E-state index >= 15 is 0 Å². The van der Waals surface area contributed by atoms with E-state index in [0.717, 1.165) is 6.54 Å². The van der Waals surface area contributed by atoms with Crippen LogP contribution in [0.1, 0.15) is 20.8 Å². The van der Waals surface area contributed by atoms with Crippen molar-refractivity contribution >= 4 is 6.09 Å². The van der Waals surface area contributed by atoms with Gasteiger partial charge in [0, 0.05) is 13.1 Å². The molecule has 3 atom stereocenters. The average molecular weight is 228 g/mol. The fourth-order valence-corrected chi connectivity index (χ4v) is 2.36. The van der Waals surface area contributed by atoms with Gasteiger partial charge in [-0.25, -0.2) is 4.79 Å². The van der Waals surface area contributed by atoms with Crippen LogP contribution in [0.25, 0.3) is 0 Å². The lowest BCUT2D eigenvalue weighted by atomic mass is 9.87. The van der Waals surface area contributed by atoms with Crippen LogP contribution in [0.4, 0.5) is 4.79 Å². The Balaban J connectivity index is 2.16. The summed E-state index contributed by atoms with van der Waals surface area (Å²) in [6.45, 7) is 8.18. The summed E-state index contributed by atoms with van der Waals surface area (Å²) in [5.41, 5.74) is -0.0265. The number of carbonyl (C=O) groups is 1. The normalized spacial score (nSPS) is 34.9. The molecule has 2 rings (SSSR count). The fourth-order valence-electron chi connectivity index (χ4n) is 2.36. The Morgan fingerprint density at radius 3 is 2.69 bits per heavy atom. The first-order chi connectivity index (χ1) is 7.39. The SMILES string of the molecule is CC(C)(C)C1CN(C(=O)O)C2CNCC2O1. The molecule has 0 aromatic carbocycles. The Kier molecular flexibility index (Phi) is 2.84. The first kappa shape index (κ1) is 11.7. The summed E-state index contributed by atoms with van der Waals surface area (Å²) in [5.74, 6) is 0. The van der Waals surface area contributed by atoms with Crippen molar-refractivity contribution in [3.05, 3.63) is 0 Å². The molecule has 16 heavy (non-hydrogen) atoms. The van der Waals surface area contributed by atoms with Crippen LogP contribution in [0.5, 0.6) is 0 Å². The van der Waals surface area contributed by atoms with E-state index < -0.39 is 6.09 Å². The number of amides is 1. The number of fused-ring (bicyclic) bond motifs is 1. The summed E-state index contributed by atoms with van der Waals surface area (Å²) in [7, 11) is 0. The fraction of sp³-hybridized carbons (Fsp3) is 0.909. The molecule has 0 spiro atoms. The van der Waals surface area contributed by atoms with E-state index in [0.29, 0.717) is 13.1 Å². The predicted octanol–water partition coefficient (Wildman–Crippen LogP) is 0.752. The smallest absolute Gasteiger partial charge is 0.407 e. The second-order valence-electron chi connectivity index (χ2n) is 5.69. The van der Waals surface area contributed by atoms with Crippen LogP contribution in [-0.2, 0) is 4.74 Å². The Labute approximate surface area is 95.8 Å². The number of hydrogen-bond acceptors (Lipinski definition) is 3. The highest BCUT2D eigenvalue weighted by molar-refractivity contribution is 5.66. The Bertz CT molecular complexity index is 287. The lowest BCUT2D eigenvalue weighted by Crippen LogP contribution is -2.58. The highest BCUT2D eigenvalue weighted by atomic mass is 16.5. The van der Waals surface area contributed by atoms with Crippen molar-refractivity contribution in [3.8, 4) is 0 Å². The van der Waals surface area contributed by atoms with Crippen LogP contribution < -0.4 is 5.32 Å². The zero-order chi connectivity index (χ0) is 11.9. The van der Waals surface area contributed by atoms with E-state index in [1.165, 1.54) is 4.90 Å². The van der Waals surface area contributed by atoms with Gasteiger partial charge in [0.05, 0.1) is 24.8 Å². The summed E-state index contributed by atoms with van der Waals surface area (Å²) in [6, 6.07) is -0.0175. The van der Waals surface area contributed by atoms with Crippen molar-refractivity contribution in [2.75, 3.05) is 19.6 Å². The van der Waals surface area contributed by atoms with Gasteiger partial charge in [-0.3, -0.25) is 4.90 Å². The number of ether oxygens (including phenoxy) is 1. The van der Waals surface area contributed by atoms with E-state index in [-0.39, 0.29) is 23.7 Å². The predicted molar refractivity (Wildman–Crippen MR) is 59.5 cm³/mol. The zero-order valence-corrected chi connectivity index (χ0v) is 10.1. The Morgan fingerprint density at radius 1 is 1.44 bits per heavy atom. The summed E-state index contributed by atoms with van der Waals surface area (Å²) in [4.78, 5) is 12.7. The third-order valence-corrected chi connectivity index (χ3v) is 3.44. The van der Waals surface area contributed by atoms with Crippen molar-refractivity contribution in [1.29, 1.82) is 0 Å². The summed E-state index contributed by atoms with van der Waals surface area (Å²) >= 11 is 0. The monoisotopic (exact) mass is 228 g/mol. The van der Waals surface area contributed by atoms with E-state index in [2.05, 4.69) is 26.1 Å². The molecule has 2 aliphatic rings. The van der Waals surface area contributed by atoms with E-state index in [1.54, 1.807) is 0 Å². The van der Waals surface area contributed by atoms with Gasteiger partial charge >= 0.3 is 6.09 Å². The van der Waals surface area contributed by atoms with Gasteiger partial charge in [-0.2, -0.15) is 0 Å². The van der Waals surface area contributed by atoms with Gasteiger partial charge in [0.2, 0.25) is 0 Å². The van der Waals surface area contributed by atoms with Gasteiger partial charge in [-0.1, -0.05) is 20.8 Å². The molecule has 2 heterocycles. The van der Waals surface area contributed by atoms with Gasteiger partial charge < -0.3 is 15.2 Å². The molecule has 2 N–H and O–H groups in total. The number of morpholine rings is 1. The van der Waals surface area contributed by atoms with Gasteiger partial charge in [0.1, 0.15) is 0 Å². The Hall–Kier alpha value is -0.810. The molecule has 0 radical (unpaired) electrons. The van der Waals surface area contributed by atoms with Gasteiger partial charge in [0.25, 0.3) is 0 Å². The first-order valence-corrected chi connectivity index (χ1v) is 5.75. The third-order valence-electron chi connectivity index (χ3n) is 3.44. The molecule has 0 aliphatic carbocycles. The standard InChI is InChI=1S/C11H20N2O3/c1-11(2,3)9-6-13(10(14)15)7-4-12-5-8(7)16-9/h7-9,12H,4-6H2,1-3H3,(H,14,15). The highest BCUT2D eigenvalue weighted by Gasteiger charge is 2.45. The molecule has 92 valence electrons. The molecule has 2 aliphatic heterocycles. The van der Waals surface area contributed by atoms with Crippen molar-refractivity contribution < 1.29 is 14.6 Å². The maximum absolute atomic E-state index is 11.2. The minimum absolute atomic E-state index is 0.00840. The minimum atomic E-state index is -0.837. The second-order valence-corrected chi connectivity index (χ2v) is 5.69. The van der Waals surface area contributed by atoms with E-state index in [1.807, 2.05) is 0 Å². The molecular weight excluding hydrogens is 208 g/mol.